The molecule has 0 saturated carbocycles. The van der Waals surface area contributed by atoms with Crippen molar-refractivity contribution in [2.75, 3.05) is 13.1 Å². The van der Waals surface area contributed by atoms with Gasteiger partial charge in [0.2, 0.25) is 5.91 Å². The maximum atomic E-state index is 11.4. The van der Waals surface area contributed by atoms with E-state index in [1.807, 2.05) is 4.90 Å². The van der Waals surface area contributed by atoms with Crippen molar-refractivity contribution in [3.63, 3.8) is 0 Å². The van der Waals surface area contributed by atoms with Gasteiger partial charge in [-0.15, -0.1) is 0 Å². The lowest BCUT2D eigenvalue weighted by atomic mass is 10.1. The van der Waals surface area contributed by atoms with Crippen LogP contribution in [0.1, 0.15) is 26.2 Å². The van der Waals surface area contributed by atoms with Crippen LogP contribution in [-0.2, 0) is 14.4 Å². The molecule has 1 rings (SSSR count). The summed E-state index contributed by atoms with van der Waals surface area (Å²) in [5.74, 6) is -1.54. The molecule has 1 aliphatic heterocycles. The minimum Gasteiger partial charge on any atom is -0.481 e. The smallest absolute Gasteiger partial charge is 0.304 e. The molecule has 0 bridgehead atoms. The molecule has 0 radical (unpaired) electrons. The maximum Gasteiger partial charge on any atom is 0.304 e. The van der Waals surface area contributed by atoms with E-state index in [9.17, 15) is 14.4 Å². The summed E-state index contributed by atoms with van der Waals surface area (Å²) in [5, 5.41) is 8.72. The number of carboxylic acids is 1. The molecule has 0 aromatic heterocycles. The molecule has 3 N–H and O–H groups in total. The number of carbonyl (C=O) groups excluding carboxylic acids is 2. The molecule has 1 unspecified atom stereocenters. The van der Waals surface area contributed by atoms with Crippen LogP contribution in [0.4, 0.5) is 0 Å². The molecule has 0 aromatic carbocycles. The zero-order valence-corrected chi connectivity index (χ0v) is 9.73. The fourth-order valence-corrected chi connectivity index (χ4v) is 1.92. The van der Waals surface area contributed by atoms with E-state index in [-0.39, 0.29) is 30.8 Å². The minimum atomic E-state index is -0.857. The predicted octanol–water partition coefficient (Wildman–Crippen LogP) is -0.907. The van der Waals surface area contributed by atoms with Crippen molar-refractivity contribution < 1.29 is 19.5 Å². The minimum absolute atomic E-state index is 0.0490. The van der Waals surface area contributed by atoms with Crippen LogP contribution in [-0.4, -0.2) is 46.9 Å². The van der Waals surface area contributed by atoms with Crippen LogP contribution in [0.3, 0.4) is 0 Å². The van der Waals surface area contributed by atoms with Gasteiger partial charge in [0.1, 0.15) is 0 Å². The van der Waals surface area contributed by atoms with Crippen LogP contribution in [0.2, 0.25) is 0 Å². The number of rotatable bonds is 4. The largest absolute Gasteiger partial charge is 0.481 e. The van der Waals surface area contributed by atoms with Gasteiger partial charge >= 0.3 is 5.97 Å². The number of hydrogen-bond donors (Lipinski definition) is 3. The van der Waals surface area contributed by atoms with Gasteiger partial charge in [-0.05, 0) is 19.4 Å². The molecular formula is C10H17N3O4. The highest BCUT2D eigenvalue weighted by molar-refractivity contribution is 5.82. The maximum absolute atomic E-state index is 11.4. The molecular weight excluding hydrogens is 226 g/mol. The number of hydrogen-bond acceptors (Lipinski definition) is 4. The Morgan fingerprint density at radius 2 is 2.06 bits per heavy atom. The topological polar surface area (TPSA) is 98.7 Å². The average molecular weight is 243 g/mol. The first-order chi connectivity index (χ1) is 7.99. The normalized spacial score (nSPS) is 19.9. The van der Waals surface area contributed by atoms with Crippen LogP contribution < -0.4 is 10.9 Å². The van der Waals surface area contributed by atoms with Gasteiger partial charge in [-0.25, -0.2) is 0 Å². The third kappa shape index (κ3) is 4.81. The van der Waals surface area contributed by atoms with Crippen molar-refractivity contribution in [1.29, 1.82) is 0 Å². The second-order valence-electron chi connectivity index (χ2n) is 4.09. The van der Waals surface area contributed by atoms with Crippen molar-refractivity contribution in [3.8, 4) is 0 Å². The highest BCUT2D eigenvalue weighted by Gasteiger charge is 2.27. The van der Waals surface area contributed by atoms with E-state index in [4.69, 9.17) is 5.11 Å². The summed E-state index contributed by atoms with van der Waals surface area (Å²) in [6, 6.07) is -0.0874. The zero-order chi connectivity index (χ0) is 12.8. The number of carbonyl (C=O) groups is 3. The van der Waals surface area contributed by atoms with Gasteiger partial charge in [0.05, 0.1) is 13.0 Å². The molecule has 7 nitrogen and oxygen atoms in total. The van der Waals surface area contributed by atoms with Crippen LogP contribution in [0.25, 0.3) is 0 Å². The van der Waals surface area contributed by atoms with E-state index in [2.05, 4.69) is 10.9 Å². The first-order valence-electron chi connectivity index (χ1n) is 5.50. The van der Waals surface area contributed by atoms with E-state index in [0.717, 1.165) is 12.8 Å². The number of nitrogens with zero attached hydrogens (tertiary/aromatic N) is 1. The van der Waals surface area contributed by atoms with Crippen LogP contribution >= 0.6 is 0 Å². The molecule has 1 fully saturated rings. The fourth-order valence-electron chi connectivity index (χ4n) is 1.92. The standard InChI is InChI=1S/C10H17N3O4/c1-7(14)11-12-9(15)6-13-4-2-3-8(13)5-10(16)17/h8H,2-6H2,1H3,(H,11,14)(H,12,15)(H,16,17). The van der Waals surface area contributed by atoms with Crippen molar-refractivity contribution in [3.05, 3.63) is 0 Å². The molecule has 2 amide bonds. The molecule has 1 aliphatic rings. The fraction of sp³-hybridized carbons (Fsp3) is 0.700. The molecule has 0 spiro atoms. The molecule has 1 heterocycles. The van der Waals surface area contributed by atoms with E-state index in [1.54, 1.807) is 0 Å². The van der Waals surface area contributed by atoms with Crippen molar-refractivity contribution in [2.24, 2.45) is 0 Å². The summed E-state index contributed by atoms with van der Waals surface area (Å²) in [4.78, 5) is 34.4. The summed E-state index contributed by atoms with van der Waals surface area (Å²) < 4.78 is 0. The third-order valence-corrected chi connectivity index (χ3v) is 2.63. The number of aliphatic carboxylic acids is 1. The summed E-state index contributed by atoms with van der Waals surface area (Å²) >= 11 is 0. The molecule has 17 heavy (non-hydrogen) atoms. The lowest BCUT2D eigenvalue weighted by Gasteiger charge is -2.22. The van der Waals surface area contributed by atoms with Gasteiger partial charge in [0, 0.05) is 13.0 Å². The molecule has 1 atom stereocenters. The second kappa shape index (κ2) is 6.19. The number of nitrogens with one attached hydrogen (secondary N) is 2. The summed E-state index contributed by atoms with van der Waals surface area (Å²) in [7, 11) is 0. The highest BCUT2D eigenvalue weighted by atomic mass is 16.4. The van der Waals surface area contributed by atoms with Crippen molar-refractivity contribution in [1.82, 2.24) is 15.8 Å². The number of likely N-dealkylation sites (tertiary alicyclic amines) is 1. The van der Waals surface area contributed by atoms with E-state index in [1.165, 1.54) is 6.92 Å². The Bertz CT molecular complexity index is 319. The molecule has 1 saturated heterocycles. The lowest BCUT2D eigenvalue weighted by molar-refractivity contribution is -0.138. The Kier molecular flexibility index (Phi) is 4.89. The first-order valence-corrected chi connectivity index (χ1v) is 5.50. The molecule has 96 valence electrons. The number of carboxylic acid groups (broad SMARTS) is 1. The summed E-state index contributed by atoms with van der Waals surface area (Å²) in [6.07, 6.45) is 1.73. The zero-order valence-electron chi connectivity index (χ0n) is 9.73. The van der Waals surface area contributed by atoms with Crippen molar-refractivity contribution >= 4 is 17.8 Å². The SMILES string of the molecule is CC(=O)NNC(=O)CN1CCCC1CC(=O)O. The lowest BCUT2D eigenvalue weighted by Crippen LogP contribution is -2.46. The Hall–Kier alpha value is -1.63. The van der Waals surface area contributed by atoms with E-state index in [0.29, 0.717) is 6.54 Å². The van der Waals surface area contributed by atoms with Gasteiger partial charge in [0.25, 0.3) is 5.91 Å². The van der Waals surface area contributed by atoms with Crippen molar-refractivity contribution in [2.45, 2.75) is 32.2 Å². The van der Waals surface area contributed by atoms with Crippen LogP contribution in [0, 0.1) is 0 Å². The van der Waals surface area contributed by atoms with E-state index < -0.39 is 5.97 Å². The number of amides is 2. The highest BCUT2D eigenvalue weighted by Crippen LogP contribution is 2.19. The first kappa shape index (κ1) is 13.4. The Balaban J connectivity index is 2.36. The molecule has 7 heteroatoms. The summed E-state index contributed by atoms with van der Waals surface area (Å²) in [5.41, 5.74) is 4.45. The van der Waals surface area contributed by atoms with Gasteiger partial charge in [-0.2, -0.15) is 0 Å². The second-order valence-corrected chi connectivity index (χ2v) is 4.09. The van der Waals surface area contributed by atoms with Gasteiger partial charge < -0.3 is 5.11 Å². The van der Waals surface area contributed by atoms with Crippen LogP contribution in [0.5, 0.6) is 0 Å². The molecule has 0 aromatic rings. The van der Waals surface area contributed by atoms with Crippen LogP contribution in [0.15, 0.2) is 0 Å². The van der Waals surface area contributed by atoms with Gasteiger partial charge in [-0.3, -0.25) is 30.1 Å². The Labute approximate surface area is 99.1 Å². The van der Waals surface area contributed by atoms with Gasteiger partial charge in [0.15, 0.2) is 0 Å². The molecule has 0 aliphatic carbocycles. The average Bonchev–Trinajstić information content (AvgIpc) is 2.62. The quantitative estimate of drug-likeness (QED) is 0.555. The Morgan fingerprint density at radius 1 is 1.35 bits per heavy atom. The number of hydrazine groups is 1. The van der Waals surface area contributed by atoms with Gasteiger partial charge in [-0.1, -0.05) is 0 Å². The Morgan fingerprint density at radius 3 is 2.65 bits per heavy atom. The predicted molar refractivity (Wildman–Crippen MR) is 58.8 cm³/mol. The third-order valence-electron chi connectivity index (χ3n) is 2.63. The summed E-state index contributed by atoms with van der Waals surface area (Å²) in [6.45, 7) is 2.12. The van der Waals surface area contributed by atoms with E-state index >= 15 is 0 Å². The monoisotopic (exact) mass is 243 g/mol.